The first kappa shape index (κ1) is 17.7. The smallest absolute Gasteiger partial charge is 0.336 e. The molecule has 1 unspecified atom stereocenters. The average molecular weight is 363 g/mol. The van der Waals surface area contributed by atoms with E-state index < -0.39 is 0 Å². The van der Waals surface area contributed by atoms with E-state index in [1.807, 2.05) is 12.1 Å². The van der Waals surface area contributed by atoms with Gasteiger partial charge in [-0.25, -0.2) is 4.79 Å². The molecule has 2 aromatic carbocycles. The number of fused-ring (bicyclic) bond motifs is 3. The zero-order chi connectivity index (χ0) is 19.0. The van der Waals surface area contributed by atoms with Crippen molar-refractivity contribution in [3.63, 3.8) is 0 Å². The van der Waals surface area contributed by atoms with Crippen molar-refractivity contribution < 1.29 is 9.15 Å². The van der Waals surface area contributed by atoms with E-state index in [4.69, 9.17) is 9.15 Å². The van der Waals surface area contributed by atoms with Crippen LogP contribution in [-0.4, -0.2) is 6.73 Å². The molecule has 1 aliphatic heterocycles. The minimum absolute atomic E-state index is 0.303. The Labute approximate surface area is 159 Å². The van der Waals surface area contributed by atoms with Gasteiger partial charge in [0.15, 0.2) is 6.73 Å². The van der Waals surface area contributed by atoms with Crippen LogP contribution in [0.1, 0.15) is 49.8 Å². The van der Waals surface area contributed by atoms with Crippen molar-refractivity contribution in [1.82, 2.24) is 0 Å². The monoisotopic (exact) mass is 363 g/mol. The van der Waals surface area contributed by atoms with Crippen LogP contribution in [0.3, 0.4) is 0 Å². The Morgan fingerprint density at radius 2 is 1.89 bits per heavy atom. The van der Waals surface area contributed by atoms with Crippen molar-refractivity contribution >= 4 is 16.7 Å². The predicted molar refractivity (Wildman–Crippen MR) is 109 cm³/mol. The van der Waals surface area contributed by atoms with Gasteiger partial charge in [-0.3, -0.25) is 0 Å². The predicted octanol–water partition coefficient (Wildman–Crippen LogP) is 5.23. The molecule has 1 aliphatic rings. The highest BCUT2D eigenvalue weighted by Crippen LogP contribution is 2.35. The molecule has 1 aromatic heterocycles. The molecule has 0 bridgehead atoms. The molecule has 4 rings (SSSR count). The van der Waals surface area contributed by atoms with Gasteiger partial charge in [-0.2, -0.15) is 0 Å². The third-order valence-corrected chi connectivity index (χ3v) is 5.60. The number of anilines is 1. The van der Waals surface area contributed by atoms with Gasteiger partial charge in [0.25, 0.3) is 0 Å². The number of benzene rings is 2. The number of hydrogen-bond acceptors (Lipinski definition) is 4. The first-order chi connectivity index (χ1) is 13.1. The molecule has 0 spiro atoms. The summed E-state index contributed by atoms with van der Waals surface area (Å²) in [5.74, 6) is 1.36. The van der Waals surface area contributed by atoms with Crippen LogP contribution >= 0.6 is 0 Å². The van der Waals surface area contributed by atoms with Crippen LogP contribution in [0, 0.1) is 0 Å². The Bertz CT molecular complexity index is 1020. The van der Waals surface area contributed by atoms with Crippen LogP contribution in [0.15, 0.2) is 51.7 Å². The number of aryl methyl sites for hydroxylation is 1. The summed E-state index contributed by atoms with van der Waals surface area (Å²) < 4.78 is 11.6. The second kappa shape index (κ2) is 7.10. The minimum Gasteiger partial charge on any atom is -0.473 e. The maximum atomic E-state index is 12.0. The lowest BCUT2D eigenvalue weighted by Gasteiger charge is -2.31. The largest absolute Gasteiger partial charge is 0.473 e. The second-order valence-corrected chi connectivity index (χ2v) is 7.24. The number of ether oxygens (including phenoxy) is 1. The van der Waals surface area contributed by atoms with E-state index in [9.17, 15) is 4.79 Å². The average Bonchev–Trinajstić information content (AvgIpc) is 2.72. The molecule has 0 aliphatic carbocycles. The van der Waals surface area contributed by atoms with Crippen molar-refractivity contribution in [2.24, 2.45) is 0 Å². The van der Waals surface area contributed by atoms with Gasteiger partial charge in [0.1, 0.15) is 11.3 Å². The zero-order valence-electron chi connectivity index (χ0n) is 16.1. The first-order valence-corrected chi connectivity index (χ1v) is 9.67. The lowest BCUT2D eigenvalue weighted by molar-refractivity contribution is 0.289. The van der Waals surface area contributed by atoms with Crippen molar-refractivity contribution in [2.75, 3.05) is 11.6 Å². The lowest BCUT2D eigenvalue weighted by atomic mass is 9.98. The highest BCUT2D eigenvalue weighted by Gasteiger charge is 2.22. The fourth-order valence-corrected chi connectivity index (χ4v) is 3.71. The topological polar surface area (TPSA) is 42.7 Å². The van der Waals surface area contributed by atoms with E-state index in [1.54, 1.807) is 6.07 Å². The molecule has 0 radical (unpaired) electrons. The van der Waals surface area contributed by atoms with Crippen molar-refractivity contribution in [2.45, 2.75) is 46.1 Å². The normalized spacial score (nSPS) is 14.7. The van der Waals surface area contributed by atoms with Crippen molar-refractivity contribution in [3.8, 4) is 5.75 Å². The molecule has 1 atom stereocenters. The second-order valence-electron chi connectivity index (χ2n) is 7.24. The Morgan fingerprint density at radius 1 is 1.11 bits per heavy atom. The molecule has 4 heteroatoms. The molecular formula is C23H25NO3. The molecule has 2 heterocycles. The quantitative estimate of drug-likeness (QED) is 0.596. The van der Waals surface area contributed by atoms with Gasteiger partial charge in [0, 0.05) is 17.1 Å². The molecular weight excluding hydrogens is 338 g/mol. The van der Waals surface area contributed by atoms with E-state index >= 15 is 0 Å². The molecule has 140 valence electrons. The SMILES string of the molecule is CCc1cc(=O)oc2c3c(ccc12)OCN(c1ccc(C(C)CC)cc1)C3. The van der Waals surface area contributed by atoms with E-state index in [0.29, 0.717) is 24.8 Å². The molecule has 0 N–H and O–H groups in total. The Kier molecular flexibility index (Phi) is 4.65. The fourth-order valence-electron chi connectivity index (χ4n) is 3.71. The van der Waals surface area contributed by atoms with Gasteiger partial charge >= 0.3 is 5.63 Å². The summed E-state index contributed by atoms with van der Waals surface area (Å²) in [7, 11) is 0. The summed E-state index contributed by atoms with van der Waals surface area (Å²) in [4.78, 5) is 14.2. The summed E-state index contributed by atoms with van der Waals surface area (Å²) in [6.07, 6.45) is 1.92. The number of nitrogens with zero attached hydrogens (tertiary/aromatic N) is 1. The van der Waals surface area contributed by atoms with Gasteiger partial charge in [-0.1, -0.05) is 32.9 Å². The van der Waals surface area contributed by atoms with Gasteiger partial charge < -0.3 is 14.1 Å². The van der Waals surface area contributed by atoms with E-state index in [1.165, 1.54) is 5.56 Å². The van der Waals surface area contributed by atoms with Crippen LogP contribution in [0.25, 0.3) is 11.0 Å². The molecule has 27 heavy (non-hydrogen) atoms. The third kappa shape index (κ3) is 3.20. The highest BCUT2D eigenvalue weighted by atomic mass is 16.5. The zero-order valence-corrected chi connectivity index (χ0v) is 16.1. The summed E-state index contributed by atoms with van der Waals surface area (Å²) in [5.41, 5.74) is 4.76. The molecule has 0 saturated carbocycles. The molecule has 4 nitrogen and oxygen atoms in total. The van der Waals surface area contributed by atoms with E-state index in [2.05, 4.69) is 49.9 Å². The fraction of sp³-hybridized carbons (Fsp3) is 0.348. The summed E-state index contributed by atoms with van der Waals surface area (Å²) >= 11 is 0. The molecule has 0 fully saturated rings. The number of rotatable bonds is 4. The van der Waals surface area contributed by atoms with Crippen LogP contribution in [0.5, 0.6) is 5.75 Å². The van der Waals surface area contributed by atoms with Crippen molar-refractivity contribution in [1.29, 1.82) is 0 Å². The summed E-state index contributed by atoms with van der Waals surface area (Å²) in [6, 6.07) is 14.2. The van der Waals surface area contributed by atoms with Crippen molar-refractivity contribution in [3.05, 3.63) is 69.6 Å². The summed E-state index contributed by atoms with van der Waals surface area (Å²) in [5, 5.41) is 0.994. The first-order valence-electron chi connectivity index (χ1n) is 9.67. The van der Waals surface area contributed by atoms with E-state index in [-0.39, 0.29) is 5.63 Å². The summed E-state index contributed by atoms with van der Waals surface area (Å²) in [6.45, 7) is 7.64. The van der Waals surface area contributed by atoms with Gasteiger partial charge in [-0.05, 0) is 54.2 Å². The van der Waals surface area contributed by atoms with Crippen LogP contribution in [0.4, 0.5) is 5.69 Å². The minimum atomic E-state index is -0.303. The van der Waals surface area contributed by atoms with Crippen LogP contribution in [-0.2, 0) is 13.0 Å². The van der Waals surface area contributed by atoms with E-state index in [0.717, 1.165) is 40.8 Å². The van der Waals surface area contributed by atoms with Gasteiger partial charge in [-0.15, -0.1) is 0 Å². The number of hydrogen-bond donors (Lipinski definition) is 0. The highest BCUT2D eigenvalue weighted by molar-refractivity contribution is 5.85. The maximum absolute atomic E-state index is 12.0. The molecule has 3 aromatic rings. The Morgan fingerprint density at radius 3 is 2.59 bits per heavy atom. The molecule has 0 amide bonds. The standard InChI is InChI=1S/C23H25NO3/c1-4-15(3)17-6-8-18(9-7-17)24-13-20-21(26-14-24)11-10-19-16(5-2)12-22(25)27-23(19)20/h6-12,15H,4-5,13-14H2,1-3H3. The Hall–Kier alpha value is -2.75. The van der Waals surface area contributed by atoms with Crippen LogP contribution < -0.4 is 15.3 Å². The molecule has 0 saturated heterocycles. The maximum Gasteiger partial charge on any atom is 0.336 e. The van der Waals surface area contributed by atoms with Gasteiger partial charge in [0.05, 0.1) is 12.1 Å². The Balaban J connectivity index is 1.72. The third-order valence-electron chi connectivity index (χ3n) is 5.60. The van der Waals surface area contributed by atoms with Gasteiger partial charge in [0.2, 0.25) is 0 Å². The lowest BCUT2D eigenvalue weighted by Crippen LogP contribution is -2.32. The van der Waals surface area contributed by atoms with Crippen LogP contribution in [0.2, 0.25) is 0 Å².